The fourth-order valence-corrected chi connectivity index (χ4v) is 3.43. The minimum absolute atomic E-state index is 1.01. The third-order valence-corrected chi connectivity index (χ3v) is 4.85. The molecule has 0 atom stereocenters. The Labute approximate surface area is 145 Å². The number of piperidine rings is 1. The van der Waals surface area contributed by atoms with E-state index in [2.05, 4.69) is 60.3 Å². The van der Waals surface area contributed by atoms with E-state index in [0.29, 0.717) is 0 Å². The van der Waals surface area contributed by atoms with Crippen LogP contribution >= 0.6 is 0 Å². The van der Waals surface area contributed by atoms with Crippen molar-refractivity contribution >= 4 is 12.2 Å². The Hall–Kier alpha value is -2.13. The van der Waals surface area contributed by atoms with Gasteiger partial charge in [-0.1, -0.05) is 6.07 Å². The summed E-state index contributed by atoms with van der Waals surface area (Å²) in [6, 6.07) is 12.7. The molecule has 0 amide bonds. The zero-order chi connectivity index (χ0) is 16.8. The molecular weight excluding hydrogens is 296 g/mol. The maximum Gasteiger partial charge on any atom is 0.204 e. The van der Waals surface area contributed by atoms with Crippen LogP contribution in [-0.2, 0) is 13.6 Å². The topological polar surface area (TPSA) is 17.6 Å². The van der Waals surface area contributed by atoms with Crippen LogP contribution < -0.4 is 14.2 Å². The number of methoxy groups -OCH3 is 1. The van der Waals surface area contributed by atoms with Gasteiger partial charge < -0.3 is 9.64 Å². The molecule has 0 spiro atoms. The molecule has 2 aromatic rings. The molecule has 126 valence electrons. The standard InChI is InChI=1S/C21H27N2O/c1-22-13-7-4-8-20(22)11-9-18-10-12-21(24-2)19(16-18)17-23-14-5-3-6-15-23/h4,7-13,16H,3,5-6,14-15,17H2,1-2H3/q+1/p+1/b11-9+. The molecule has 1 aromatic carbocycles. The molecule has 1 aliphatic rings. The van der Waals surface area contributed by atoms with Gasteiger partial charge in [0.2, 0.25) is 5.69 Å². The number of nitrogens with one attached hydrogen (secondary N) is 1. The van der Waals surface area contributed by atoms with Gasteiger partial charge in [0.1, 0.15) is 19.3 Å². The quantitative estimate of drug-likeness (QED) is 0.835. The summed E-state index contributed by atoms with van der Waals surface area (Å²) in [5.41, 5.74) is 3.73. The normalized spacial score (nSPS) is 15.8. The average molecular weight is 324 g/mol. The van der Waals surface area contributed by atoms with Crippen molar-refractivity contribution in [3.8, 4) is 5.75 Å². The fraction of sp³-hybridized carbons (Fsp3) is 0.381. The van der Waals surface area contributed by atoms with Crippen LogP contribution in [0.5, 0.6) is 5.75 Å². The van der Waals surface area contributed by atoms with Gasteiger partial charge >= 0.3 is 0 Å². The van der Waals surface area contributed by atoms with Crippen LogP contribution in [-0.4, -0.2) is 20.2 Å². The molecule has 0 bridgehead atoms. The summed E-state index contributed by atoms with van der Waals surface area (Å²) in [5.74, 6) is 1.01. The lowest BCUT2D eigenvalue weighted by Gasteiger charge is -2.24. The van der Waals surface area contributed by atoms with Crippen molar-refractivity contribution in [1.82, 2.24) is 0 Å². The molecular formula is C21H28N2O+2. The minimum Gasteiger partial charge on any atom is -0.496 e. The van der Waals surface area contributed by atoms with E-state index in [1.807, 2.05) is 6.07 Å². The van der Waals surface area contributed by atoms with E-state index >= 15 is 0 Å². The van der Waals surface area contributed by atoms with Gasteiger partial charge in [0, 0.05) is 23.8 Å². The summed E-state index contributed by atoms with van der Waals surface area (Å²) in [7, 11) is 3.84. The molecule has 24 heavy (non-hydrogen) atoms. The number of quaternary nitrogens is 1. The number of hydrogen-bond donors (Lipinski definition) is 1. The summed E-state index contributed by atoms with van der Waals surface area (Å²) in [5, 5.41) is 0. The van der Waals surface area contributed by atoms with Gasteiger partial charge in [-0.15, -0.1) is 0 Å². The Balaban J connectivity index is 1.79. The first-order chi connectivity index (χ1) is 11.8. The van der Waals surface area contributed by atoms with E-state index in [-0.39, 0.29) is 0 Å². The number of rotatable bonds is 5. The van der Waals surface area contributed by atoms with Crippen molar-refractivity contribution in [2.75, 3.05) is 20.2 Å². The lowest BCUT2D eigenvalue weighted by Crippen LogP contribution is -3.11. The molecule has 1 fully saturated rings. The molecule has 0 unspecified atom stereocenters. The molecule has 0 aliphatic carbocycles. The van der Waals surface area contributed by atoms with E-state index in [0.717, 1.165) is 12.3 Å². The lowest BCUT2D eigenvalue weighted by molar-refractivity contribution is -0.918. The highest BCUT2D eigenvalue weighted by Gasteiger charge is 2.16. The van der Waals surface area contributed by atoms with Crippen molar-refractivity contribution in [2.45, 2.75) is 25.8 Å². The molecule has 3 rings (SSSR count). The van der Waals surface area contributed by atoms with Crippen molar-refractivity contribution in [3.63, 3.8) is 0 Å². The van der Waals surface area contributed by atoms with Crippen molar-refractivity contribution in [1.29, 1.82) is 0 Å². The lowest BCUT2D eigenvalue weighted by atomic mass is 10.1. The van der Waals surface area contributed by atoms with Crippen LogP contribution in [0.3, 0.4) is 0 Å². The summed E-state index contributed by atoms with van der Waals surface area (Å²) in [6.45, 7) is 3.62. The van der Waals surface area contributed by atoms with Crippen LogP contribution in [0.4, 0.5) is 0 Å². The first-order valence-corrected chi connectivity index (χ1v) is 8.89. The van der Waals surface area contributed by atoms with Gasteiger partial charge in [-0.05, 0) is 49.1 Å². The van der Waals surface area contributed by atoms with Gasteiger partial charge in [0.05, 0.1) is 20.2 Å². The number of benzene rings is 1. The Morgan fingerprint density at radius 3 is 2.67 bits per heavy atom. The number of hydrogen-bond acceptors (Lipinski definition) is 1. The van der Waals surface area contributed by atoms with Crippen LogP contribution in [0.1, 0.15) is 36.1 Å². The highest BCUT2D eigenvalue weighted by Crippen LogP contribution is 2.20. The number of aryl methyl sites for hydroxylation is 1. The van der Waals surface area contributed by atoms with Crippen LogP contribution in [0.15, 0.2) is 42.6 Å². The van der Waals surface area contributed by atoms with Gasteiger partial charge in [0.15, 0.2) is 6.20 Å². The summed E-state index contributed by atoms with van der Waals surface area (Å²) >= 11 is 0. The fourth-order valence-electron chi connectivity index (χ4n) is 3.43. The molecule has 0 radical (unpaired) electrons. The monoisotopic (exact) mass is 324 g/mol. The molecule has 3 heteroatoms. The van der Waals surface area contributed by atoms with E-state index in [9.17, 15) is 0 Å². The smallest absolute Gasteiger partial charge is 0.204 e. The molecule has 1 aliphatic heterocycles. The van der Waals surface area contributed by atoms with E-state index in [1.54, 1.807) is 12.0 Å². The zero-order valence-corrected chi connectivity index (χ0v) is 14.8. The predicted molar refractivity (Wildman–Crippen MR) is 97.8 cm³/mol. The average Bonchev–Trinajstić information content (AvgIpc) is 2.62. The molecule has 2 heterocycles. The van der Waals surface area contributed by atoms with Crippen molar-refractivity contribution in [2.24, 2.45) is 7.05 Å². The van der Waals surface area contributed by atoms with Gasteiger partial charge in [-0.25, -0.2) is 4.57 Å². The van der Waals surface area contributed by atoms with E-state index in [4.69, 9.17) is 4.74 Å². The maximum atomic E-state index is 5.58. The summed E-state index contributed by atoms with van der Waals surface area (Å²) in [4.78, 5) is 1.68. The Kier molecular flexibility index (Phi) is 5.65. The highest BCUT2D eigenvalue weighted by molar-refractivity contribution is 5.67. The predicted octanol–water partition coefficient (Wildman–Crippen LogP) is 2.26. The highest BCUT2D eigenvalue weighted by atomic mass is 16.5. The largest absolute Gasteiger partial charge is 0.496 e. The summed E-state index contributed by atoms with van der Waals surface area (Å²) in [6.07, 6.45) is 10.5. The number of pyridine rings is 1. The zero-order valence-electron chi connectivity index (χ0n) is 14.8. The SMILES string of the molecule is COc1ccc(/C=C/c2cccc[n+]2C)cc1C[NH+]1CCCCC1. The van der Waals surface area contributed by atoms with Gasteiger partial charge in [0.25, 0.3) is 0 Å². The van der Waals surface area contributed by atoms with Crippen LogP contribution in [0, 0.1) is 0 Å². The second-order valence-electron chi connectivity index (χ2n) is 6.63. The Bertz CT molecular complexity index is 703. The molecule has 1 N–H and O–H groups in total. The second-order valence-corrected chi connectivity index (χ2v) is 6.63. The molecule has 1 saturated heterocycles. The van der Waals surface area contributed by atoms with Crippen molar-refractivity contribution in [3.05, 3.63) is 59.4 Å². The Morgan fingerprint density at radius 1 is 1.08 bits per heavy atom. The Morgan fingerprint density at radius 2 is 1.92 bits per heavy atom. The minimum atomic E-state index is 1.01. The molecule has 1 aromatic heterocycles. The summed E-state index contributed by atoms with van der Waals surface area (Å²) < 4.78 is 7.71. The van der Waals surface area contributed by atoms with Gasteiger partial charge in [-0.3, -0.25) is 0 Å². The number of nitrogens with zero attached hydrogens (tertiary/aromatic N) is 1. The van der Waals surface area contributed by atoms with Gasteiger partial charge in [-0.2, -0.15) is 0 Å². The van der Waals surface area contributed by atoms with E-state index in [1.165, 1.54) is 49.2 Å². The molecule has 3 nitrogen and oxygen atoms in total. The first kappa shape index (κ1) is 16.7. The number of ether oxygens (including phenoxy) is 1. The van der Waals surface area contributed by atoms with Crippen LogP contribution in [0.25, 0.3) is 12.2 Å². The third kappa shape index (κ3) is 4.24. The third-order valence-electron chi connectivity index (χ3n) is 4.85. The van der Waals surface area contributed by atoms with Crippen molar-refractivity contribution < 1.29 is 14.2 Å². The van der Waals surface area contributed by atoms with E-state index < -0.39 is 0 Å². The molecule has 0 saturated carbocycles. The second kappa shape index (κ2) is 8.11. The first-order valence-electron chi connectivity index (χ1n) is 8.89. The maximum absolute atomic E-state index is 5.58. The van der Waals surface area contributed by atoms with Crippen LogP contribution in [0.2, 0.25) is 0 Å². The number of aromatic nitrogens is 1. The number of likely N-dealkylation sites (tertiary alicyclic amines) is 1.